The van der Waals surface area contributed by atoms with Crippen LogP contribution >= 0.6 is 0 Å². The molecule has 1 rings (SSSR count). The maximum absolute atomic E-state index is 11.9. The molecule has 6 heteroatoms. The van der Waals surface area contributed by atoms with Crippen LogP contribution in [0.2, 0.25) is 0 Å². The maximum atomic E-state index is 11.9. The van der Waals surface area contributed by atoms with Crippen molar-refractivity contribution in [1.29, 1.82) is 0 Å². The largest absolute Gasteiger partial charge is 0.574 e. The number of halogens is 3. The van der Waals surface area contributed by atoms with E-state index in [0.717, 1.165) is 5.56 Å². The van der Waals surface area contributed by atoms with Gasteiger partial charge in [0, 0.05) is 18.3 Å². The van der Waals surface area contributed by atoms with Gasteiger partial charge in [-0.2, -0.15) is 0 Å². The molecule has 0 bridgehead atoms. The number of aromatic nitrogens is 1. The lowest BCUT2D eigenvalue weighted by Crippen LogP contribution is -2.18. The molecule has 0 saturated heterocycles. The van der Waals surface area contributed by atoms with Gasteiger partial charge in [0.15, 0.2) is 0 Å². The predicted molar refractivity (Wildman–Crippen MR) is 48.3 cm³/mol. The lowest BCUT2D eigenvalue weighted by Gasteiger charge is -2.12. The van der Waals surface area contributed by atoms with Crippen molar-refractivity contribution < 1.29 is 17.9 Å². The van der Waals surface area contributed by atoms with Crippen molar-refractivity contribution in [3.8, 4) is 5.88 Å². The lowest BCUT2D eigenvalue weighted by molar-refractivity contribution is -0.276. The molecule has 0 aliphatic carbocycles. The first-order valence-electron chi connectivity index (χ1n) is 4.26. The molecule has 2 N–H and O–H groups in total. The van der Waals surface area contributed by atoms with Gasteiger partial charge in [-0.05, 0) is 25.0 Å². The molecule has 1 aromatic heterocycles. The Hall–Kier alpha value is -1.30. The Morgan fingerprint density at radius 1 is 1.40 bits per heavy atom. The van der Waals surface area contributed by atoms with Crippen LogP contribution in [0.3, 0.4) is 0 Å². The van der Waals surface area contributed by atoms with Gasteiger partial charge in [-0.3, -0.25) is 0 Å². The van der Waals surface area contributed by atoms with Crippen molar-refractivity contribution >= 4 is 0 Å². The number of pyridine rings is 1. The molecule has 3 nitrogen and oxygen atoms in total. The van der Waals surface area contributed by atoms with Crippen molar-refractivity contribution in [2.75, 3.05) is 0 Å². The summed E-state index contributed by atoms with van der Waals surface area (Å²) in [6.45, 7) is 3.51. The molecule has 0 aliphatic heterocycles. The molecule has 0 spiro atoms. The third-order valence-electron chi connectivity index (χ3n) is 1.96. The summed E-state index contributed by atoms with van der Waals surface area (Å²) in [7, 11) is 0. The number of alkyl halides is 3. The Balaban J connectivity index is 3.04. The Morgan fingerprint density at radius 2 is 2.00 bits per heavy atom. The van der Waals surface area contributed by atoms with E-state index in [4.69, 9.17) is 5.73 Å². The highest BCUT2D eigenvalue weighted by Crippen LogP contribution is 2.23. The van der Waals surface area contributed by atoms with Crippen molar-refractivity contribution in [2.24, 2.45) is 5.73 Å². The summed E-state index contributed by atoms with van der Waals surface area (Å²) < 4.78 is 39.4. The lowest BCUT2D eigenvalue weighted by atomic mass is 10.1. The predicted octanol–water partition coefficient (Wildman–Crippen LogP) is 2.06. The van der Waals surface area contributed by atoms with Gasteiger partial charge in [0.2, 0.25) is 5.88 Å². The molecular formula is C9H11F3N2O. The van der Waals surface area contributed by atoms with Gasteiger partial charge in [-0.1, -0.05) is 0 Å². The minimum Gasteiger partial charge on any atom is -0.388 e. The molecule has 15 heavy (non-hydrogen) atoms. The number of nitrogens with zero attached hydrogens (tertiary/aromatic N) is 1. The molecular weight excluding hydrogens is 209 g/mol. The molecule has 0 aliphatic rings. The van der Waals surface area contributed by atoms with E-state index in [1.165, 1.54) is 6.07 Å². The summed E-state index contributed by atoms with van der Waals surface area (Å²) >= 11 is 0. The van der Waals surface area contributed by atoms with Crippen LogP contribution in [0.5, 0.6) is 5.88 Å². The molecule has 1 aromatic rings. The number of aryl methyl sites for hydroxylation is 2. The van der Waals surface area contributed by atoms with Crippen LogP contribution in [0.1, 0.15) is 16.8 Å². The summed E-state index contributed by atoms with van der Waals surface area (Å²) in [6.07, 6.45) is -4.71. The van der Waals surface area contributed by atoms with E-state index in [-0.39, 0.29) is 6.54 Å². The van der Waals surface area contributed by atoms with Crippen LogP contribution in [0.25, 0.3) is 0 Å². The van der Waals surface area contributed by atoms with Gasteiger partial charge in [0.25, 0.3) is 0 Å². The molecule has 1 heterocycles. The summed E-state index contributed by atoms with van der Waals surface area (Å²) in [5.41, 5.74) is 7.26. The van der Waals surface area contributed by atoms with Crippen LogP contribution in [-0.2, 0) is 6.54 Å². The first-order chi connectivity index (χ1) is 6.83. The van der Waals surface area contributed by atoms with E-state index in [1.807, 2.05) is 0 Å². The van der Waals surface area contributed by atoms with Crippen LogP contribution in [0.4, 0.5) is 13.2 Å². The van der Waals surface area contributed by atoms with Gasteiger partial charge < -0.3 is 10.5 Å². The van der Waals surface area contributed by atoms with Crippen molar-refractivity contribution in [3.63, 3.8) is 0 Å². The minimum atomic E-state index is -4.71. The van der Waals surface area contributed by atoms with Crippen molar-refractivity contribution in [3.05, 3.63) is 22.9 Å². The summed E-state index contributed by atoms with van der Waals surface area (Å²) in [5.74, 6) is -0.449. The Kier molecular flexibility index (Phi) is 3.18. The van der Waals surface area contributed by atoms with Crippen LogP contribution in [-0.4, -0.2) is 11.3 Å². The third-order valence-corrected chi connectivity index (χ3v) is 1.96. The molecule has 0 saturated carbocycles. The highest BCUT2D eigenvalue weighted by Gasteiger charge is 2.32. The van der Waals surface area contributed by atoms with E-state index in [2.05, 4.69) is 9.72 Å². The fraction of sp³-hybridized carbons (Fsp3) is 0.444. The SMILES string of the molecule is Cc1cc(OC(F)(F)F)nc(C)c1CN. The second-order valence-electron chi connectivity index (χ2n) is 3.09. The fourth-order valence-corrected chi connectivity index (χ4v) is 1.30. The minimum absolute atomic E-state index is 0.247. The fourth-order valence-electron chi connectivity index (χ4n) is 1.30. The second-order valence-corrected chi connectivity index (χ2v) is 3.09. The second kappa shape index (κ2) is 4.06. The standard InChI is InChI=1S/C9H11F3N2O/c1-5-3-8(15-9(10,11)12)14-6(2)7(5)4-13/h3H,4,13H2,1-2H3. The summed E-state index contributed by atoms with van der Waals surface area (Å²) in [6, 6.07) is 1.22. The first kappa shape index (κ1) is 11.8. The van der Waals surface area contributed by atoms with E-state index >= 15 is 0 Å². The van der Waals surface area contributed by atoms with E-state index < -0.39 is 12.2 Å². The van der Waals surface area contributed by atoms with Crippen LogP contribution in [0, 0.1) is 13.8 Å². The van der Waals surface area contributed by atoms with E-state index in [1.54, 1.807) is 13.8 Å². The summed E-state index contributed by atoms with van der Waals surface area (Å²) in [5, 5.41) is 0. The van der Waals surface area contributed by atoms with Gasteiger partial charge in [0.05, 0.1) is 0 Å². The first-order valence-corrected chi connectivity index (χ1v) is 4.26. The molecule has 0 aromatic carbocycles. The molecule has 0 atom stereocenters. The zero-order valence-electron chi connectivity index (χ0n) is 8.35. The Bertz CT molecular complexity index is 340. The zero-order valence-corrected chi connectivity index (χ0v) is 8.35. The topological polar surface area (TPSA) is 48.1 Å². The normalized spacial score (nSPS) is 11.6. The number of ether oxygens (including phenoxy) is 1. The Morgan fingerprint density at radius 3 is 2.40 bits per heavy atom. The van der Waals surface area contributed by atoms with Gasteiger partial charge in [0.1, 0.15) is 0 Å². The van der Waals surface area contributed by atoms with E-state index in [9.17, 15) is 13.2 Å². The van der Waals surface area contributed by atoms with Gasteiger partial charge in [-0.25, -0.2) is 4.98 Å². The van der Waals surface area contributed by atoms with Crippen LogP contribution < -0.4 is 10.5 Å². The van der Waals surface area contributed by atoms with Crippen molar-refractivity contribution in [1.82, 2.24) is 4.98 Å². The molecule has 0 fully saturated rings. The molecule has 0 amide bonds. The number of hydrogen-bond acceptors (Lipinski definition) is 3. The smallest absolute Gasteiger partial charge is 0.388 e. The summed E-state index contributed by atoms with van der Waals surface area (Å²) in [4.78, 5) is 3.67. The third kappa shape index (κ3) is 3.09. The average molecular weight is 220 g/mol. The average Bonchev–Trinajstić information content (AvgIpc) is 1.99. The van der Waals surface area contributed by atoms with Crippen LogP contribution in [0.15, 0.2) is 6.07 Å². The number of rotatable bonds is 2. The van der Waals surface area contributed by atoms with Gasteiger partial charge >= 0.3 is 6.36 Å². The maximum Gasteiger partial charge on any atom is 0.574 e. The molecule has 0 unspecified atom stereocenters. The Labute approximate surface area is 85.1 Å². The number of hydrogen-bond donors (Lipinski definition) is 1. The van der Waals surface area contributed by atoms with Crippen molar-refractivity contribution in [2.45, 2.75) is 26.8 Å². The molecule has 84 valence electrons. The monoisotopic (exact) mass is 220 g/mol. The number of nitrogens with two attached hydrogens (primary N) is 1. The highest BCUT2D eigenvalue weighted by molar-refractivity contribution is 5.33. The quantitative estimate of drug-likeness (QED) is 0.829. The zero-order chi connectivity index (χ0) is 11.6. The van der Waals surface area contributed by atoms with E-state index in [0.29, 0.717) is 11.3 Å². The van der Waals surface area contributed by atoms with Gasteiger partial charge in [-0.15, -0.1) is 13.2 Å². The highest BCUT2D eigenvalue weighted by atomic mass is 19.4. The molecule has 0 radical (unpaired) electrons.